The number of amides is 2. The zero-order chi connectivity index (χ0) is 14.3. The van der Waals surface area contributed by atoms with E-state index in [9.17, 15) is 9.59 Å². The van der Waals surface area contributed by atoms with Crippen molar-refractivity contribution in [1.29, 1.82) is 0 Å². The van der Waals surface area contributed by atoms with Gasteiger partial charge in [0.1, 0.15) is 0 Å². The maximum atomic E-state index is 12.5. The van der Waals surface area contributed by atoms with E-state index < -0.39 is 0 Å². The number of hydrogen-bond acceptors (Lipinski definition) is 3. The van der Waals surface area contributed by atoms with E-state index in [1.807, 2.05) is 0 Å². The fraction of sp³-hybridized carbons (Fsp3) is 0.875. The Morgan fingerprint density at radius 1 is 1.25 bits per heavy atom. The molecule has 0 bridgehead atoms. The average Bonchev–Trinajstić information content (AvgIpc) is 2.92. The molecule has 1 aliphatic heterocycles. The molecule has 2 amide bonds. The highest BCUT2D eigenvalue weighted by Gasteiger charge is 2.48. The second-order valence-corrected chi connectivity index (χ2v) is 7.19. The van der Waals surface area contributed by atoms with Crippen LogP contribution in [-0.2, 0) is 9.59 Å². The quantitative estimate of drug-likeness (QED) is 0.783. The predicted molar refractivity (Wildman–Crippen MR) is 77.0 cm³/mol. The molecule has 1 atom stereocenters. The van der Waals surface area contributed by atoms with E-state index >= 15 is 0 Å². The third-order valence-corrected chi connectivity index (χ3v) is 5.69. The first-order valence-corrected chi connectivity index (χ1v) is 8.13. The molecule has 1 saturated heterocycles. The molecule has 3 rings (SSSR count). The number of hydrogen-bond donors (Lipinski definition) is 1. The van der Waals surface area contributed by atoms with Gasteiger partial charge in [0.15, 0.2) is 0 Å². The van der Waals surface area contributed by atoms with Crippen LogP contribution < -0.4 is 5.32 Å². The number of rotatable bonds is 5. The second-order valence-electron chi connectivity index (χ2n) is 7.19. The molecule has 1 N–H and O–H groups in total. The van der Waals surface area contributed by atoms with Gasteiger partial charge < -0.3 is 5.32 Å². The predicted octanol–water partition coefficient (Wildman–Crippen LogP) is 2.08. The Bertz CT molecular complexity index is 409. The van der Waals surface area contributed by atoms with E-state index in [2.05, 4.69) is 19.2 Å². The molecule has 1 heterocycles. The highest BCUT2D eigenvalue weighted by atomic mass is 16.2. The third kappa shape index (κ3) is 2.39. The number of imide groups is 1. The van der Waals surface area contributed by atoms with Crippen LogP contribution in [0.1, 0.15) is 58.8 Å². The Kier molecular flexibility index (Phi) is 3.61. The minimum atomic E-state index is -0.265. The minimum absolute atomic E-state index is 0.0291. The van der Waals surface area contributed by atoms with Gasteiger partial charge in [-0.25, -0.2) is 0 Å². The zero-order valence-electron chi connectivity index (χ0n) is 12.7. The molecule has 2 saturated carbocycles. The smallest absolute Gasteiger partial charge is 0.247 e. The topological polar surface area (TPSA) is 49.4 Å². The van der Waals surface area contributed by atoms with Gasteiger partial charge in [-0.1, -0.05) is 26.7 Å². The second kappa shape index (κ2) is 5.14. The lowest BCUT2D eigenvalue weighted by Crippen LogP contribution is -2.44. The lowest BCUT2D eigenvalue weighted by Gasteiger charge is -2.24. The Balaban J connectivity index is 1.59. The van der Waals surface area contributed by atoms with Gasteiger partial charge in [0, 0.05) is 12.6 Å². The van der Waals surface area contributed by atoms with Gasteiger partial charge in [0.2, 0.25) is 11.8 Å². The van der Waals surface area contributed by atoms with Crippen molar-refractivity contribution in [1.82, 2.24) is 10.2 Å². The lowest BCUT2D eigenvalue weighted by atomic mass is 9.92. The summed E-state index contributed by atoms with van der Waals surface area (Å²) in [5.74, 6) is 0.711. The molecule has 2 aliphatic carbocycles. The molecule has 112 valence electrons. The molecule has 4 heteroatoms. The third-order valence-electron chi connectivity index (χ3n) is 5.69. The maximum Gasteiger partial charge on any atom is 0.247 e. The van der Waals surface area contributed by atoms with Crippen LogP contribution in [0.4, 0.5) is 0 Å². The minimum Gasteiger partial charge on any atom is -0.305 e. The first kappa shape index (κ1) is 14.1. The van der Waals surface area contributed by atoms with Crippen LogP contribution in [0.3, 0.4) is 0 Å². The van der Waals surface area contributed by atoms with Crippen LogP contribution >= 0.6 is 0 Å². The lowest BCUT2D eigenvalue weighted by molar-refractivity contribution is -0.141. The maximum absolute atomic E-state index is 12.5. The van der Waals surface area contributed by atoms with Crippen LogP contribution in [0.5, 0.6) is 0 Å². The van der Waals surface area contributed by atoms with E-state index in [-0.39, 0.29) is 23.9 Å². The normalized spacial score (nSPS) is 29.8. The SMILES string of the molecule is CC(C)C1(CNC2CC(=O)N(C3CCCC3)C2=O)CC1. The molecule has 4 nitrogen and oxygen atoms in total. The Morgan fingerprint density at radius 3 is 2.45 bits per heavy atom. The first-order chi connectivity index (χ1) is 9.53. The van der Waals surface area contributed by atoms with Crippen molar-refractivity contribution >= 4 is 11.8 Å². The summed E-state index contributed by atoms with van der Waals surface area (Å²) in [4.78, 5) is 26.1. The van der Waals surface area contributed by atoms with Gasteiger partial charge in [0.05, 0.1) is 12.5 Å². The number of nitrogens with one attached hydrogen (secondary N) is 1. The molecule has 0 spiro atoms. The van der Waals surface area contributed by atoms with E-state index in [4.69, 9.17) is 0 Å². The molecule has 0 radical (unpaired) electrons. The van der Waals surface area contributed by atoms with Gasteiger partial charge in [-0.3, -0.25) is 14.5 Å². The zero-order valence-corrected chi connectivity index (χ0v) is 12.7. The van der Waals surface area contributed by atoms with Gasteiger partial charge in [-0.15, -0.1) is 0 Å². The van der Waals surface area contributed by atoms with Crippen molar-refractivity contribution in [3.63, 3.8) is 0 Å². The van der Waals surface area contributed by atoms with Crippen molar-refractivity contribution in [3.05, 3.63) is 0 Å². The summed E-state index contributed by atoms with van der Waals surface area (Å²) in [5, 5.41) is 3.39. The molecular weight excluding hydrogens is 252 g/mol. The monoisotopic (exact) mass is 278 g/mol. The van der Waals surface area contributed by atoms with Crippen molar-refractivity contribution in [2.45, 2.75) is 70.9 Å². The highest BCUT2D eigenvalue weighted by molar-refractivity contribution is 6.05. The van der Waals surface area contributed by atoms with E-state index in [0.717, 1.165) is 32.2 Å². The van der Waals surface area contributed by atoms with E-state index in [0.29, 0.717) is 17.8 Å². The largest absolute Gasteiger partial charge is 0.305 e. The van der Waals surface area contributed by atoms with Crippen LogP contribution in [0, 0.1) is 11.3 Å². The van der Waals surface area contributed by atoms with Gasteiger partial charge in [0.25, 0.3) is 0 Å². The summed E-state index contributed by atoms with van der Waals surface area (Å²) in [5.41, 5.74) is 0.379. The number of carbonyl (C=O) groups is 2. The fourth-order valence-electron chi connectivity index (χ4n) is 3.80. The summed E-state index contributed by atoms with van der Waals surface area (Å²) in [6.45, 7) is 5.38. The van der Waals surface area contributed by atoms with Crippen molar-refractivity contribution in [3.8, 4) is 0 Å². The molecule has 3 aliphatic rings. The van der Waals surface area contributed by atoms with Gasteiger partial charge >= 0.3 is 0 Å². The van der Waals surface area contributed by atoms with Crippen molar-refractivity contribution in [2.24, 2.45) is 11.3 Å². The van der Waals surface area contributed by atoms with Crippen LogP contribution in [0.15, 0.2) is 0 Å². The molecule has 20 heavy (non-hydrogen) atoms. The van der Waals surface area contributed by atoms with Gasteiger partial charge in [-0.05, 0) is 37.0 Å². The standard InChI is InChI=1S/C16H26N2O2/c1-11(2)16(7-8-16)10-17-13-9-14(19)18(15(13)20)12-5-3-4-6-12/h11-13,17H,3-10H2,1-2H3. The summed E-state index contributed by atoms with van der Waals surface area (Å²) in [7, 11) is 0. The summed E-state index contributed by atoms with van der Waals surface area (Å²) in [6, 6.07) is -0.0823. The molecular formula is C16H26N2O2. The van der Waals surface area contributed by atoms with Crippen LogP contribution in [0.25, 0.3) is 0 Å². The highest BCUT2D eigenvalue weighted by Crippen LogP contribution is 2.51. The summed E-state index contributed by atoms with van der Waals surface area (Å²) < 4.78 is 0. The van der Waals surface area contributed by atoms with Crippen molar-refractivity contribution < 1.29 is 9.59 Å². The molecule has 0 aromatic carbocycles. The summed E-state index contributed by atoms with van der Waals surface area (Å²) >= 11 is 0. The Labute approximate surface area is 121 Å². The molecule has 0 aromatic heterocycles. The number of carbonyl (C=O) groups excluding carboxylic acids is 2. The van der Waals surface area contributed by atoms with Gasteiger partial charge in [-0.2, -0.15) is 0 Å². The molecule has 3 fully saturated rings. The van der Waals surface area contributed by atoms with E-state index in [1.54, 1.807) is 4.90 Å². The summed E-state index contributed by atoms with van der Waals surface area (Å²) in [6.07, 6.45) is 7.16. The Morgan fingerprint density at radius 2 is 1.90 bits per heavy atom. The Hall–Kier alpha value is -0.900. The molecule has 1 unspecified atom stereocenters. The number of nitrogens with zero attached hydrogens (tertiary/aromatic N) is 1. The fourth-order valence-corrected chi connectivity index (χ4v) is 3.80. The first-order valence-electron chi connectivity index (χ1n) is 8.13. The molecule has 0 aromatic rings. The van der Waals surface area contributed by atoms with Crippen LogP contribution in [0.2, 0.25) is 0 Å². The van der Waals surface area contributed by atoms with Crippen molar-refractivity contribution in [2.75, 3.05) is 6.54 Å². The average molecular weight is 278 g/mol. The number of likely N-dealkylation sites (tertiary alicyclic amines) is 1. The van der Waals surface area contributed by atoms with E-state index in [1.165, 1.54) is 12.8 Å². The van der Waals surface area contributed by atoms with Crippen LogP contribution in [-0.4, -0.2) is 35.3 Å².